The Morgan fingerprint density at radius 2 is 2.00 bits per heavy atom. The highest BCUT2D eigenvalue weighted by Crippen LogP contribution is 2.03. The van der Waals surface area contributed by atoms with Crippen molar-refractivity contribution in [3.63, 3.8) is 0 Å². The minimum absolute atomic E-state index is 0.324. The number of hydrogen-bond donors (Lipinski definition) is 1. The van der Waals surface area contributed by atoms with Gasteiger partial charge in [-0.1, -0.05) is 0 Å². The fourth-order valence-corrected chi connectivity index (χ4v) is 0.734. The molecule has 0 atom stereocenters. The van der Waals surface area contributed by atoms with Gasteiger partial charge in [-0.15, -0.1) is 0 Å². The maximum absolute atomic E-state index is 10.8. The number of carbonyl (C=O) groups is 2. The van der Waals surface area contributed by atoms with E-state index in [-0.39, 0.29) is 11.8 Å². The van der Waals surface area contributed by atoms with Crippen molar-refractivity contribution >= 4 is 11.8 Å². The zero-order valence-corrected chi connectivity index (χ0v) is 5.84. The predicted molar refractivity (Wildman–Crippen MR) is 34.9 cm³/mol. The predicted octanol–water partition coefficient (Wildman–Crippen LogP) is -0.912. The molecule has 0 aliphatic carbocycles. The molecule has 4 heteroatoms. The maximum atomic E-state index is 10.8. The molecule has 0 saturated carbocycles. The highest BCUT2D eigenvalue weighted by molar-refractivity contribution is 6.15. The van der Waals surface area contributed by atoms with E-state index >= 15 is 0 Å². The fourth-order valence-electron chi connectivity index (χ4n) is 0.734. The average molecular weight is 140 g/mol. The van der Waals surface area contributed by atoms with Crippen LogP contribution < -0.4 is 5.32 Å². The van der Waals surface area contributed by atoms with Crippen LogP contribution in [0.2, 0.25) is 0 Å². The van der Waals surface area contributed by atoms with E-state index in [1.54, 1.807) is 19.0 Å². The van der Waals surface area contributed by atoms with Crippen molar-refractivity contribution in [1.82, 2.24) is 10.2 Å². The second-order valence-electron chi connectivity index (χ2n) is 2.24. The summed E-state index contributed by atoms with van der Waals surface area (Å²) in [5, 5.41) is 2.14. The van der Waals surface area contributed by atoms with E-state index < -0.39 is 0 Å². The first-order chi connectivity index (χ1) is 4.61. The van der Waals surface area contributed by atoms with Crippen molar-refractivity contribution in [3.05, 3.63) is 11.8 Å². The number of nitrogens with one attached hydrogen (secondary N) is 1. The first-order valence-electron chi connectivity index (χ1n) is 2.85. The number of hydrogen-bond acceptors (Lipinski definition) is 3. The summed E-state index contributed by atoms with van der Waals surface area (Å²) in [4.78, 5) is 22.9. The molecular formula is C6H8N2O2. The van der Waals surface area contributed by atoms with E-state index in [4.69, 9.17) is 0 Å². The van der Waals surface area contributed by atoms with E-state index in [1.807, 2.05) is 0 Å². The van der Waals surface area contributed by atoms with Gasteiger partial charge in [0.05, 0.1) is 0 Å². The lowest BCUT2D eigenvalue weighted by molar-refractivity contribution is -0.124. The number of amides is 2. The first-order valence-corrected chi connectivity index (χ1v) is 2.85. The molecule has 0 fully saturated rings. The molecule has 0 aromatic rings. The van der Waals surface area contributed by atoms with Gasteiger partial charge in [0.15, 0.2) is 0 Å². The molecule has 1 heterocycles. The highest BCUT2D eigenvalue weighted by Gasteiger charge is 2.21. The maximum Gasteiger partial charge on any atom is 0.274 e. The Hall–Kier alpha value is -1.32. The van der Waals surface area contributed by atoms with Crippen molar-refractivity contribution in [2.45, 2.75) is 0 Å². The number of nitrogens with zero attached hydrogens (tertiary/aromatic N) is 1. The SMILES string of the molecule is CN(C)C1=CC(=O)NC1=O. The molecule has 1 aliphatic heterocycles. The summed E-state index contributed by atoms with van der Waals surface area (Å²) in [6, 6.07) is 0. The third kappa shape index (κ3) is 1.00. The largest absolute Gasteiger partial charge is 0.373 e. The van der Waals surface area contributed by atoms with Crippen LogP contribution in [0.3, 0.4) is 0 Å². The quantitative estimate of drug-likeness (QED) is 0.479. The van der Waals surface area contributed by atoms with Gasteiger partial charge in [-0.25, -0.2) is 0 Å². The molecule has 0 aromatic heterocycles. The fraction of sp³-hybridized carbons (Fsp3) is 0.333. The molecule has 10 heavy (non-hydrogen) atoms. The summed E-state index contributed by atoms with van der Waals surface area (Å²) in [7, 11) is 3.42. The van der Waals surface area contributed by atoms with Crippen LogP contribution in [-0.4, -0.2) is 30.8 Å². The summed E-state index contributed by atoms with van der Waals surface area (Å²) in [6.07, 6.45) is 1.28. The summed E-state index contributed by atoms with van der Waals surface area (Å²) in [5.41, 5.74) is 0.407. The monoisotopic (exact) mass is 140 g/mol. The van der Waals surface area contributed by atoms with Gasteiger partial charge in [0.2, 0.25) is 0 Å². The molecule has 1 rings (SSSR count). The van der Waals surface area contributed by atoms with Crippen LogP contribution in [0.15, 0.2) is 11.8 Å². The first kappa shape index (κ1) is 6.80. The van der Waals surface area contributed by atoms with E-state index in [9.17, 15) is 9.59 Å². The number of imide groups is 1. The molecule has 4 nitrogen and oxygen atoms in total. The zero-order valence-electron chi connectivity index (χ0n) is 5.84. The molecule has 0 saturated heterocycles. The Kier molecular flexibility index (Phi) is 1.45. The zero-order chi connectivity index (χ0) is 7.72. The molecule has 2 amide bonds. The van der Waals surface area contributed by atoms with Crippen LogP contribution in [0.4, 0.5) is 0 Å². The lowest BCUT2D eigenvalue weighted by atomic mass is 10.4. The number of carbonyl (C=O) groups excluding carboxylic acids is 2. The smallest absolute Gasteiger partial charge is 0.274 e. The van der Waals surface area contributed by atoms with Crippen molar-refractivity contribution in [2.24, 2.45) is 0 Å². The minimum atomic E-state index is -0.339. The van der Waals surface area contributed by atoms with Crippen LogP contribution in [0.25, 0.3) is 0 Å². The minimum Gasteiger partial charge on any atom is -0.373 e. The van der Waals surface area contributed by atoms with Gasteiger partial charge < -0.3 is 4.90 Å². The highest BCUT2D eigenvalue weighted by atomic mass is 16.2. The van der Waals surface area contributed by atoms with Gasteiger partial charge in [0.1, 0.15) is 5.70 Å². The molecule has 0 bridgehead atoms. The Morgan fingerprint density at radius 3 is 2.20 bits per heavy atom. The molecule has 0 aromatic carbocycles. The van der Waals surface area contributed by atoms with Crippen LogP contribution in [0, 0.1) is 0 Å². The molecule has 1 aliphatic rings. The van der Waals surface area contributed by atoms with Crippen LogP contribution in [-0.2, 0) is 9.59 Å². The van der Waals surface area contributed by atoms with Crippen molar-refractivity contribution in [1.29, 1.82) is 0 Å². The van der Waals surface area contributed by atoms with Crippen molar-refractivity contribution in [2.75, 3.05) is 14.1 Å². The topological polar surface area (TPSA) is 49.4 Å². The van der Waals surface area contributed by atoms with Gasteiger partial charge in [-0.3, -0.25) is 14.9 Å². The normalized spacial score (nSPS) is 16.8. The van der Waals surface area contributed by atoms with E-state index in [2.05, 4.69) is 5.32 Å². The van der Waals surface area contributed by atoms with Gasteiger partial charge in [-0.2, -0.15) is 0 Å². The molecule has 0 radical (unpaired) electrons. The number of likely N-dealkylation sites (N-methyl/N-ethyl adjacent to an activating group) is 1. The van der Waals surface area contributed by atoms with Gasteiger partial charge in [0.25, 0.3) is 11.8 Å². The van der Waals surface area contributed by atoms with Crippen LogP contribution >= 0.6 is 0 Å². The Labute approximate surface area is 58.5 Å². The lowest BCUT2D eigenvalue weighted by Gasteiger charge is -2.09. The van der Waals surface area contributed by atoms with Gasteiger partial charge in [0, 0.05) is 20.2 Å². The molecular weight excluding hydrogens is 132 g/mol. The summed E-state index contributed by atoms with van der Waals surface area (Å²) in [6.45, 7) is 0. The molecule has 0 unspecified atom stereocenters. The molecule has 1 N–H and O–H groups in total. The third-order valence-electron chi connectivity index (χ3n) is 1.22. The van der Waals surface area contributed by atoms with Crippen molar-refractivity contribution in [3.8, 4) is 0 Å². The van der Waals surface area contributed by atoms with Crippen LogP contribution in [0.1, 0.15) is 0 Å². The average Bonchev–Trinajstić information content (AvgIpc) is 2.10. The van der Waals surface area contributed by atoms with E-state index in [0.717, 1.165) is 0 Å². The third-order valence-corrected chi connectivity index (χ3v) is 1.22. The van der Waals surface area contributed by atoms with Crippen LogP contribution in [0.5, 0.6) is 0 Å². The second kappa shape index (κ2) is 2.13. The standard InChI is InChI=1S/C6H8N2O2/c1-8(2)4-3-5(9)7-6(4)10/h3H,1-2H3,(H,7,9,10). The molecule has 0 spiro atoms. The van der Waals surface area contributed by atoms with Crippen molar-refractivity contribution < 1.29 is 9.59 Å². The van der Waals surface area contributed by atoms with Gasteiger partial charge in [-0.05, 0) is 0 Å². The van der Waals surface area contributed by atoms with E-state index in [0.29, 0.717) is 5.70 Å². The van der Waals surface area contributed by atoms with E-state index in [1.165, 1.54) is 6.08 Å². The number of rotatable bonds is 1. The Balaban J connectivity index is 2.85. The Bertz CT molecular complexity index is 218. The summed E-state index contributed by atoms with van der Waals surface area (Å²) in [5.74, 6) is -0.663. The Morgan fingerprint density at radius 1 is 1.40 bits per heavy atom. The lowest BCUT2D eigenvalue weighted by Crippen LogP contribution is -2.26. The summed E-state index contributed by atoms with van der Waals surface area (Å²) >= 11 is 0. The second-order valence-corrected chi connectivity index (χ2v) is 2.24. The van der Waals surface area contributed by atoms with Gasteiger partial charge >= 0.3 is 0 Å². The summed E-state index contributed by atoms with van der Waals surface area (Å²) < 4.78 is 0. The molecule has 54 valence electrons.